The lowest BCUT2D eigenvalue weighted by Crippen LogP contribution is -2.09. The van der Waals surface area contributed by atoms with Crippen molar-refractivity contribution in [3.8, 4) is 0 Å². The van der Waals surface area contributed by atoms with Gasteiger partial charge >= 0.3 is 0 Å². The summed E-state index contributed by atoms with van der Waals surface area (Å²) in [7, 11) is 0. The summed E-state index contributed by atoms with van der Waals surface area (Å²) >= 11 is 1.74. The molecule has 13 heavy (non-hydrogen) atoms. The summed E-state index contributed by atoms with van der Waals surface area (Å²) in [6.07, 6.45) is 4.76. The van der Waals surface area contributed by atoms with Gasteiger partial charge in [0.15, 0.2) is 0 Å². The third kappa shape index (κ3) is 2.61. The van der Waals surface area contributed by atoms with Crippen molar-refractivity contribution in [3.05, 3.63) is 42.5 Å². The average molecular weight is 193 g/mol. The van der Waals surface area contributed by atoms with Crippen LogP contribution in [-0.2, 0) is 0 Å². The monoisotopic (exact) mass is 193 g/mol. The molecule has 2 N–H and O–H groups in total. The van der Waals surface area contributed by atoms with E-state index in [4.69, 9.17) is 5.73 Å². The van der Waals surface area contributed by atoms with Gasteiger partial charge in [-0.15, -0.1) is 18.3 Å². The van der Waals surface area contributed by atoms with Crippen LogP contribution >= 0.6 is 11.8 Å². The second-order valence-corrected chi connectivity index (χ2v) is 3.72. The quantitative estimate of drug-likeness (QED) is 0.587. The average Bonchev–Trinajstić information content (AvgIpc) is 2.18. The van der Waals surface area contributed by atoms with E-state index in [2.05, 4.69) is 25.0 Å². The Labute approximate surface area is 84.0 Å². The summed E-state index contributed by atoms with van der Waals surface area (Å²) in [5.74, 6) is 0. The number of hydrogen-bond acceptors (Lipinski definition) is 2. The molecular weight excluding hydrogens is 178 g/mol. The van der Waals surface area contributed by atoms with Crippen LogP contribution in [0.5, 0.6) is 0 Å². The zero-order valence-electron chi connectivity index (χ0n) is 7.86. The minimum absolute atomic E-state index is 0.0844. The molecule has 1 aromatic carbocycles. The van der Waals surface area contributed by atoms with Crippen LogP contribution in [0.1, 0.15) is 18.0 Å². The van der Waals surface area contributed by atoms with E-state index in [9.17, 15) is 0 Å². The standard InChI is InChI=1S/C11H15NS/c1-3-6-10(12)9-7-4-5-8-11(9)13-2/h3-5,7-8,10H,1,6,12H2,2H3. The van der Waals surface area contributed by atoms with Crippen LogP contribution in [0.4, 0.5) is 0 Å². The van der Waals surface area contributed by atoms with E-state index in [-0.39, 0.29) is 6.04 Å². The molecule has 0 aliphatic heterocycles. The molecule has 1 rings (SSSR count). The topological polar surface area (TPSA) is 26.0 Å². The first kappa shape index (κ1) is 10.4. The van der Waals surface area contributed by atoms with Crippen molar-refractivity contribution < 1.29 is 0 Å². The molecule has 0 heterocycles. The molecule has 1 unspecified atom stereocenters. The summed E-state index contributed by atoms with van der Waals surface area (Å²) < 4.78 is 0. The number of benzene rings is 1. The van der Waals surface area contributed by atoms with Gasteiger partial charge in [-0.1, -0.05) is 24.3 Å². The second kappa shape index (κ2) is 5.10. The summed E-state index contributed by atoms with van der Waals surface area (Å²) in [6.45, 7) is 3.69. The highest BCUT2D eigenvalue weighted by atomic mass is 32.2. The highest BCUT2D eigenvalue weighted by molar-refractivity contribution is 7.98. The molecule has 0 fully saturated rings. The van der Waals surface area contributed by atoms with Crippen LogP contribution in [0.25, 0.3) is 0 Å². The van der Waals surface area contributed by atoms with Crippen LogP contribution in [-0.4, -0.2) is 6.26 Å². The molecule has 0 saturated heterocycles. The van der Waals surface area contributed by atoms with Gasteiger partial charge in [-0.05, 0) is 24.3 Å². The van der Waals surface area contributed by atoms with Gasteiger partial charge in [-0.3, -0.25) is 0 Å². The first-order valence-electron chi connectivity index (χ1n) is 4.29. The Kier molecular flexibility index (Phi) is 4.06. The lowest BCUT2D eigenvalue weighted by molar-refractivity contribution is 0.726. The van der Waals surface area contributed by atoms with Crippen molar-refractivity contribution in [3.63, 3.8) is 0 Å². The Morgan fingerprint density at radius 2 is 2.23 bits per heavy atom. The minimum atomic E-state index is 0.0844. The van der Waals surface area contributed by atoms with Crippen LogP contribution in [0.3, 0.4) is 0 Å². The molecule has 0 saturated carbocycles. The molecule has 1 aromatic rings. The van der Waals surface area contributed by atoms with Gasteiger partial charge in [-0.25, -0.2) is 0 Å². The van der Waals surface area contributed by atoms with Crippen LogP contribution < -0.4 is 5.73 Å². The third-order valence-electron chi connectivity index (χ3n) is 1.96. The molecule has 0 spiro atoms. The second-order valence-electron chi connectivity index (χ2n) is 2.87. The highest BCUT2D eigenvalue weighted by Gasteiger charge is 2.07. The van der Waals surface area contributed by atoms with Crippen molar-refractivity contribution in [2.24, 2.45) is 5.73 Å². The highest BCUT2D eigenvalue weighted by Crippen LogP contribution is 2.25. The lowest BCUT2D eigenvalue weighted by Gasteiger charge is -2.12. The van der Waals surface area contributed by atoms with E-state index in [1.165, 1.54) is 10.5 Å². The minimum Gasteiger partial charge on any atom is -0.324 e. The SMILES string of the molecule is C=CCC(N)c1ccccc1SC. The van der Waals surface area contributed by atoms with Gasteiger partial charge in [-0.2, -0.15) is 0 Å². The lowest BCUT2D eigenvalue weighted by atomic mass is 10.1. The Morgan fingerprint density at radius 1 is 1.54 bits per heavy atom. The smallest absolute Gasteiger partial charge is 0.0340 e. The Bertz CT molecular complexity index is 283. The summed E-state index contributed by atoms with van der Waals surface area (Å²) in [5.41, 5.74) is 7.21. The summed E-state index contributed by atoms with van der Waals surface area (Å²) in [4.78, 5) is 1.26. The molecule has 0 bridgehead atoms. The van der Waals surface area contributed by atoms with Crippen molar-refractivity contribution in [2.45, 2.75) is 17.4 Å². The normalized spacial score (nSPS) is 12.5. The maximum Gasteiger partial charge on any atom is 0.0340 e. The molecule has 0 aliphatic rings. The molecular formula is C11H15NS. The van der Waals surface area contributed by atoms with E-state index in [1.807, 2.05) is 18.2 Å². The molecule has 1 atom stereocenters. The van der Waals surface area contributed by atoms with Crippen molar-refractivity contribution in [1.29, 1.82) is 0 Å². The Hall–Kier alpha value is -0.730. The summed E-state index contributed by atoms with van der Waals surface area (Å²) in [6, 6.07) is 8.33. The van der Waals surface area contributed by atoms with Gasteiger partial charge in [0.25, 0.3) is 0 Å². The van der Waals surface area contributed by atoms with Crippen LogP contribution in [0.15, 0.2) is 41.8 Å². The number of rotatable bonds is 4. The third-order valence-corrected chi connectivity index (χ3v) is 2.77. The van der Waals surface area contributed by atoms with E-state index in [0.29, 0.717) is 0 Å². The first-order valence-corrected chi connectivity index (χ1v) is 5.51. The van der Waals surface area contributed by atoms with E-state index >= 15 is 0 Å². The number of thioether (sulfide) groups is 1. The van der Waals surface area contributed by atoms with E-state index in [1.54, 1.807) is 11.8 Å². The molecule has 2 heteroatoms. The van der Waals surface area contributed by atoms with E-state index < -0.39 is 0 Å². The van der Waals surface area contributed by atoms with Gasteiger partial charge in [0.05, 0.1) is 0 Å². The van der Waals surface area contributed by atoms with Gasteiger partial charge in [0.2, 0.25) is 0 Å². The van der Waals surface area contributed by atoms with Crippen molar-refractivity contribution in [2.75, 3.05) is 6.26 Å². The number of hydrogen-bond donors (Lipinski definition) is 1. The molecule has 0 radical (unpaired) electrons. The predicted molar refractivity (Wildman–Crippen MR) is 60.0 cm³/mol. The van der Waals surface area contributed by atoms with E-state index in [0.717, 1.165) is 6.42 Å². The van der Waals surface area contributed by atoms with Gasteiger partial charge < -0.3 is 5.73 Å². The molecule has 70 valence electrons. The Balaban J connectivity index is 2.91. The summed E-state index contributed by atoms with van der Waals surface area (Å²) in [5, 5.41) is 0. The van der Waals surface area contributed by atoms with Gasteiger partial charge in [0.1, 0.15) is 0 Å². The zero-order valence-corrected chi connectivity index (χ0v) is 8.68. The molecule has 0 amide bonds. The van der Waals surface area contributed by atoms with Crippen molar-refractivity contribution >= 4 is 11.8 Å². The van der Waals surface area contributed by atoms with Gasteiger partial charge in [0, 0.05) is 10.9 Å². The maximum atomic E-state index is 6.00. The Morgan fingerprint density at radius 3 is 2.85 bits per heavy atom. The fourth-order valence-electron chi connectivity index (χ4n) is 1.28. The van der Waals surface area contributed by atoms with Crippen molar-refractivity contribution in [1.82, 2.24) is 0 Å². The number of nitrogens with two attached hydrogens (primary N) is 1. The molecule has 0 aliphatic carbocycles. The fourth-order valence-corrected chi connectivity index (χ4v) is 1.95. The zero-order chi connectivity index (χ0) is 9.68. The molecule has 0 aromatic heterocycles. The largest absolute Gasteiger partial charge is 0.324 e. The maximum absolute atomic E-state index is 6.00. The van der Waals surface area contributed by atoms with Crippen LogP contribution in [0, 0.1) is 0 Å². The predicted octanol–water partition coefficient (Wildman–Crippen LogP) is 2.98. The van der Waals surface area contributed by atoms with Crippen LogP contribution in [0.2, 0.25) is 0 Å². The first-order chi connectivity index (χ1) is 6.29. The molecule has 1 nitrogen and oxygen atoms in total. The fraction of sp³-hybridized carbons (Fsp3) is 0.273.